The van der Waals surface area contributed by atoms with Crippen LogP contribution >= 0.6 is 0 Å². The van der Waals surface area contributed by atoms with Gasteiger partial charge in [0.2, 0.25) is 0 Å². The van der Waals surface area contributed by atoms with Crippen LogP contribution in [-0.2, 0) is 5.41 Å². The number of nitrogens with one attached hydrogen (secondary N) is 1. The Labute approximate surface area is 185 Å². The smallest absolute Gasteiger partial charge is 0.0467 e. The molecule has 3 aliphatic carbocycles. The maximum Gasteiger partial charge on any atom is 0.0467 e. The van der Waals surface area contributed by atoms with E-state index in [-0.39, 0.29) is 5.41 Å². The van der Waals surface area contributed by atoms with Crippen LogP contribution in [-0.4, -0.2) is 0 Å². The van der Waals surface area contributed by atoms with Gasteiger partial charge < -0.3 is 5.32 Å². The van der Waals surface area contributed by atoms with Crippen LogP contribution in [0.5, 0.6) is 0 Å². The molecule has 1 nitrogen and oxygen atoms in total. The Balaban J connectivity index is 1.38. The third-order valence-corrected chi connectivity index (χ3v) is 7.49. The summed E-state index contributed by atoms with van der Waals surface area (Å²) in [6.45, 7) is 0. The van der Waals surface area contributed by atoms with Crippen LogP contribution in [0.15, 0.2) is 85.0 Å². The minimum Gasteiger partial charge on any atom is -0.355 e. The van der Waals surface area contributed by atoms with Crippen molar-refractivity contribution in [3.63, 3.8) is 0 Å². The topological polar surface area (TPSA) is 12.0 Å². The zero-order chi connectivity index (χ0) is 20.7. The van der Waals surface area contributed by atoms with Gasteiger partial charge in [-0.3, -0.25) is 0 Å². The van der Waals surface area contributed by atoms with Gasteiger partial charge in [0.1, 0.15) is 0 Å². The van der Waals surface area contributed by atoms with Crippen LogP contribution in [0, 0.1) is 0 Å². The van der Waals surface area contributed by atoms with Gasteiger partial charge >= 0.3 is 0 Å². The highest BCUT2D eigenvalue weighted by atomic mass is 14.9. The highest BCUT2D eigenvalue weighted by molar-refractivity contribution is 5.91. The first-order valence-electron chi connectivity index (χ1n) is 11.8. The molecule has 0 amide bonds. The molecule has 154 valence electrons. The fourth-order valence-electron chi connectivity index (χ4n) is 6.03. The Kier molecular flexibility index (Phi) is 4.56. The van der Waals surface area contributed by atoms with Gasteiger partial charge in [-0.2, -0.15) is 0 Å². The van der Waals surface area contributed by atoms with Crippen molar-refractivity contribution in [3.05, 3.63) is 102 Å². The summed E-state index contributed by atoms with van der Waals surface area (Å²) >= 11 is 0. The Morgan fingerprint density at radius 2 is 1.52 bits per heavy atom. The fourth-order valence-corrected chi connectivity index (χ4v) is 6.03. The minimum atomic E-state index is 0.214. The largest absolute Gasteiger partial charge is 0.355 e. The van der Waals surface area contributed by atoms with Crippen molar-refractivity contribution >= 4 is 16.9 Å². The van der Waals surface area contributed by atoms with Crippen molar-refractivity contribution in [2.45, 2.75) is 50.4 Å². The Bertz CT molecular complexity index is 1170. The monoisotopic (exact) mass is 403 g/mol. The lowest BCUT2D eigenvalue weighted by atomic mass is 9.68. The number of fused-ring (bicyclic) bond motifs is 5. The first-order chi connectivity index (χ1) is 15.4. The van der Waals surface area contributed by atoms with Crippen LogP contribution in [0.25, 0.3) is 16.7 Å². The van der Waals surface area contributed by atoms with E-state index in [1.807, 2.05) is 0 Å². The summed E-state index contributed by atoms with van der Waals surface area (Å²) in [7, 11) is 0. The van der Waals surface area contributed by atoms with E-state index in [1.165, 1.54) is 65.6 Å². The SMILES string of the molecule is C1=CC(c2ccc(Nc3cccc4c3-c3ccccc3C43CCCCC3)cc2)=CCC1. The summed E-state index contributed by atoms with van der Waals surface area (Å²) in [6.07, 6.45) is 15.7. The zero-order valence-corrected chi connectivity index (χ0v) is 18.0. The minimum absolute atomic E-state index is 0.214. The molecule has 0 radical (unpaired) electrons. The Morgan fingerprint density at radius 1 is 0.710 bits per heavy atom. The summed E-state index contributed by atoms with van der Waals surface area (Å²) in [6, 6.07) is 24.9. The molecule has 0 unspecified atom stereocenters. The van der Waals surface area contributed by atoms with Gasteiger partial charge in [-0.05, 0) is 71.7 Å². The standard InChI is InChI=1S/C30H29N/c1-3-10-22(11-4-1)23-16-18-24(19-17-23)31-28-15-9-14-27-29(28)25-12-5-6-13-26(25)30(27)20-7-2-8-21-30/h3,5-6,9-19,31H,1-2,4,7-8,20-21H2. The van der Waals surface area contributed by atoms with Gasteiger partial charge in [-0.25, -0.2) is 0 Å². The summed E-state index contributed by atoms with van der Waals surface area (Å²) in [5.74, 6) is 0. The molecule has 31 heavy (non-hydrogen) atoms. The maximum absolute atomic E-state index is 3.76. The molecule has 3 aromatic rings. The van der Waals surface area contributed by atoms with E-state index in [2.05, 4.69) is 90.3 Å². The number of benzene rings is 3. The molecule has 0 atom stereocenters. The van der Waals surface area contributed by atoms with E-state index in [4.69, 9.17) is 0 Å². The molecular formula is C30H29N. The normalized spacial score (nSPS) is 18.4. The summed E-state index contributed by atoms with van der Waals surface area (Å²) in [5.41, 5.74) is 11.2. The van der Waals surface area contributed by atoms with Crippen LogP contribution < -0.4 is 5.32 Å². The number of anilines is 2. The van der Waals surface area contributed by atoms with Crippen LogP contribution in [0.4, 0.5) is 11.4 Å². The number of hydrogen-bond acceptors (Lipinski definition) is 1. The summed E-state index contributed by atoms with van der Waals surface area (Å²) in [4.78, 5) is 0. The molecule has 3 aliphatic rings. The third-order valence-electron chi connectivity index (χ3n) is 7.49. The molecule has 0 saturated heterocycles. The summed E-state index contributed by atoms with van der Waals surface area (Å²) < 4.78 is 0. The molecule has 0 aliphatic heterocycles. The average molecular weight is 404 g/mol. The molecule has 1 saturated carbocycles. The van der Waals surface area contributed by atoms with E-state index in [1.54, 1.807) is 5.56 Å². The van der Waals surface area contributed by atoms with Crippen molar-refractivity contribution < 1.29 is 0 Å². The van der Waals surface area contributed by atoms with Crippen LogP contribution in [0.1, 0.15) is 61.6 Å². The van der Waals surface area contributed by atoms with Crippen molar-refractivity contribution in [1.29, 1.82) is 0 Å². The zero-order valence-electron chi connectivity index (χ0n) is 18.0. The van der Waals surface area contributed by atoms with E-state index in [0.29, 0.717) is 0 Å². The predicted octanol–water partition coefficient (Wildman–Crippen LogP) is 8.39. The average Bonchev–Trinajstić information content (AvgIpc) is 3.11. The van der Waals surface area contributed by atoms with Crippen molar-refractivity contribution in [2.24, 2.45) is 0 Å². The molecule has 0 heterocycles. The van der Waals surface area contributed by atoms with Crippen molar-refractivity contribution in [2.75, 3.05) is 5.32 Å². The van der Waals surface area contributed by atoms with E-state index in [9.17, 15) is 0 Å². The van der Waals surface area contributed by atoms with Crippen LogP contribution in [0.3, 0.4) is 0 Å². The third kappa shape index (κ3) is 3.07. The number of allylic oxidation sites excluding steroid dienone is 4. The quantitative estimate of drug-likeness (QED) is 0.463. The van der Waals surface area contributed by atoms with Gasteiger partial charge in [0.25, 0.3) is 0 Å². The van der Waals surface area contributed by atoms with Crippen molar-refractivity contribution in [1.82, 2.24) is 0 Å². The van der Waals surface area contributed by atoms with Gasteiger partial charge in [0, 0.05) is 22.4 Å². The van der Waals surface area contributed by atoms with Gasteiger partial charge in [-0.1, -0.05) is 86.0 Å². The van der Waals surface area contributed by atoms with E-state index < -0.39 is 0 Å². The van der Waals surface area contributed by atoms with Crippen LogP contribution in [0.2, 0.25) is 0 Å². The molecule has 3 aromatic carbocycles. The van der Waals surface area contributed by atoms with E-state index in [0.717, 1.165) is 18.5 Å². The lowest BCUT2D eigenvalue weighted by Crippen LogP contribution is -2.27. The lowest BCUT2D eigenvalue weighted by Gasteiger charge is -2.36. The highest BCUT2D eigenvalue weighted by Crippen LogP contribution is 2.57. The van der Waals surface area contributed by atoms with Gasteiger partial charge in [-0.15, -0.1) is 0 Å². The second-order valence-corrected chi connectivity index (χ2v) is 9.26. The van der Waals surface area contributed by atoms with E-state index >= 15 is 0 Å². The molecule has 0 bridgehead atoms. The number of hydrogen-bond donors (Lipinski definition) is 1. The first-order valence-corrected chi connectivity index (χ1v) is 11.8. The molecule has 1 heteroatoms. The van der Waals surface area contributed by atoms with Gasteiger partial charge in [0.15, 0.2) is 0 Å². The molecule has 0 aromatic heterocycles. The Hall–Kier alpha value is -3.06. The molecule has 1 N–H and O–H groups in total. The first kappa shape index (κ1) is 18.7. The molecule has 6 rings (SSSR count). The fraction of sp³-hybridized carbons (Fsp3) is 0.267. The Morgan fingerprint density at radius 3 is 2.32 bits per heavy atom. The second-order valence-electron chi connectivity index (χ2n) is 9.26. The summed E-state index contributed by atoms with van der Waals surface area (Å²) in [5, 5.41) is 3.76. The second kappa shape index (κ2) is 7.57. The maximum atomic E-state index is 3.76. The molecule has 1 fully saturated rings. The highest BCUT2D eigenvalue weighted by Gasteiger charge is 2.44. The van der Waals surface area contributed by atoms with Gasteiger partial charge in [0.05, 0.1) is 0 Å². The molecule has 1 spiro atoms. The predicted molar refractivity (Wildman–Crippen MR) is 132 cm³/mol. The lowest BCUT2D eigenvalue weighted by molar-refractivity contribution is 0.353. The van der Waals surface area contributed by atoms with Crippen molar-refractivity contribution in [3.8, 4) is 11.1 Å². The number of rotatable bonds is 3. The molecular weight excluding hydrogens is 374 g/mol.